The summed E-state index contributed by atoms with van der Waals surface area (Å²) < 4.78 is 78.1. The number of ether oxygens (including phenoxy) is 1. The fourth-order valence-corrected chi connectivity index (χ4v) is 6.52. The highest BCUT2D eigenvalue weighted by Gasteiger charge is 2.48. The molecule has 0 aliphatic carbocycles. The van der Waals surface area contributed by atoms with Gasteiger partial charge in [-0.25, -0.2) is 13.5 Å². The Labute approximate surface area is 273 Å². The van der Waals surface area contributed by atoms with Crippen molar-refractivity contribution in [1.29, 1.82) is 0 Å². The van der Waals surface area contributed by atoms with Gasteiger partial charge in [-0.2, -0.15) is 23.4 Å². The summed E-state index contributed by atoms with van der Waals surface area (Å²) in [6.45, 7) is 0.576. The lowest BCUT2D eigenvalue weighted by atomic mass is 9.90. The van der Waals surface area contributed by atoms with Crippen molar-refractivity contribution >= 4 is 40.0 Å². The molecule has 4 heterocycles. The van der Waals surface area contributed by atoms with Crippen LogP contribution in [0.1, 0.15) is 62.9 Å². The van der Waals surface area contributed by atoms with E-state index in [1.54, 1.807) is 24.1 Å². The zero-order chi connectivity index (χ0) is 34.1. The number of aryl methyl sites for hydroxylation is 1. The molecule has 0 saturated carbocycles. The van der Waals surface area contributed by atoms with Gasteiger partial charge in [-0.1, -0.05) is 11.6 Å². The first-order valence-corrected chi connectivity index (χ1v) is 15.0. The molecule has 2 aliphatic heterocycles. The number of nitrogens with one attached hydrogen (secondary N) is 2. The third kappa shape index (κ3) is 5.27. The van der Waals surface area contributed by atoms with Crippen molar-refractivity contribution in [2.45, 2.75) is 37.4 Å². The molecular formula is C32H24ClF5N6O4. The van der Waals surface area contributed by atoms with Gasteiger partial charge in [-0.3, -0.25) is 14.3 Å². The van der Waals surface area contributed by atoms with E-state index in [1.807, 2.05) is 0 Å². The van der Waals surface area contributed by atoms with Crippen molar-refractivity contribution in [3.05, 3.63) is 99.3 Å². The largest absolute Gasteiger partial charge is 0.416 e. The van der Waals surface area contributed by atoms with Crippen molar-refractivity contribution in [2.75, 3.05) is 11.9 Å². The number of hydrogen-bond donors (Lipinski definition) is 3. The number of fused-ring (bicyclic) bond motifs is 3. The Balaban J connectivity index is 1.43. The minimum atomic E-state index is -4.96. The normalized spacial score (nSPS) is 19.4. The van der Waals surface area contributed by atoms with E-state index >= 15 is 0 Å². The molecule has 7 rings (SSSR count). The summed E-state index contributed by atoms with van der Waals surface area (Å²) in [4.78, 5) is 27.2. The Morgan fingerprint density at radius 1 is 1.15 bits per heavy atom. The van der Waals surface area contributed by atoms with E-state index in [1.165, 1.54) is 10.7 Å². The van der Waals surface area contributed by atoms with E-state index in [-0.39, 0.29) is 50.6 Å². The minimum Gasteiger partial charge on any atom is -0.363 e. The first-order chi connectivity index (χ1) is 22.7. The van der Waals surface area contributed by atoms with Crippen LogP contribution in [0.15, 0.2) is 54.9 Å². The van der Waals surface area contributed by atoms with Gasteiger partial charge in [0.15, 0.2) is 5.72 Å². The minimum absolute atomic E-state index is 0.0771. The topological polar surface area (TPSA) is 123 Å². The Kier molecular flexibility index (Phi) is 7.53. The number of rotatable bonds is 5. The van der Waals surface area contributed by atoms with E-state index in [2.05, 4.69) is 20.8 Å². The molecular weight excluding hydrogens is 663 g/mol. The van der Waals surface area contributed by atoms with Crippen LogP contribution in [0.5, 0.6) is 0 Å². The van der Waals surface area contributed by atoms with Gasteiger partial charge < -0.3 is 20.5 Å². The monoisotopic (exact) mass is 686 g/mol. The summed E-state index contributed by atoms with van der Waals surface area (Å²) in [7, 11) is 1.60. The van der Waals surface area contributed by atoms with Crippen LogP contribution in [0.3, 0.4) is 0 Å². The SMILES string of the molecule is Cn1nc2c3c(c(NC(=O)c4cc(F)cc(C(F)(F)F)c4)cc2c1-c1cnn(C2CCCCO2)c1)C(O)(c1cc(F)ccc1Cl)NC3=O. The van der Waals surface area contributed by atoms with E-state index in [9.17, 15) is 36.6 Å². The van der Waals surface area contributed by atoms with E-state index in [0.717, 1.165) is 37.5 Å². The number of aromatic nitrogens is 4. The van der Waals surface area contributed by atoms with E-state index in [0.29, 0.717) is 30.0 Å². The maximum Gasteiger partial charge on any atom is 0.416 e. The first-order valence-electron chi connectivity index (χ1n) is 14.6. The summed E-state index contributed by atoms with van der Waals surface area (Å²) in [5, 5.41) is 26.0. The van der Waals surface area contributed by atoms with Gasteiger partial charge in [0, 0.05) is 52.5 Å². The third-order valence-electron chi connectivity index (χ3n) is 8.39. The second-order valence-corrected chi connectivity index (χ2v) is 11.9. The standard InChI is InChI=1S/C32H24ClF5N6O4/c1-43-28(16-13-39-44(14-16)24-4-2-3-7-48-24)20-12-23(40-29(45)15-8-17(32(36,37)38)10-19(35)9-15)26-25(27(20)42-43)30(46)41-31(26,47)21-11-18(34)5-6-22(21)33/h5-6,8-14,24,47H,2-4,7H2,1H3,(H,40,45)(H,41,46). The summed E-state index contributed by atoms with van der Waals surface area (Å²) in [6.07, 6.45) is 0.663. The summed E-state index contributed by atoms with van der Waals surface area (Å²) in [5.74, 6) is -4.18. The molecule has 5 aromatic rings. The van der Waals surface area contributed by atoms with Crippen molar-refractivity contribution in [3.63, 3.8) is 0 Å². The second-order valence-electron chi connectivity index (χ2n) is 11.5. The number of amides is 2. The molecule has 2 atom stereocenters. The number of benzene rings is 3. The number of hydrogen-bond acceptors (Lipinski definition) is 6. The molecule has 2 aromatic heterocycles. The van der Waals surface area contributed by atoms with Crippen LogP contribution < -0.4 is 10.6 Å². The number of anilines is 1. The van der Waals surface area contributed by atoms with Gasteiger partial charge in [-0.05, 0) is 61.7 Å². The number of carbonyl (C=O) groups is 2. The number of carbonyl (C=O) groups excluding carboxylic acids is 2. The number of alkyl halides is 3. The molecule has 248 valence electrons. The zero-order valence-corrected chi connectivity index (χ0v) is 25.6. The maximum atomic E-state index is 14.5. The quantitative estimate of drug-likeness (QED) is 0.187. The molecule has 1 fully saturated rings. The highest BCUT2D eigenvalue weighted by molar-refractivity contribution is 6.31. The lowest BCUT2D eigenvalue weighted by Gasteiger charge is -2.27. The fraction of sp³-hybridized carbons (Fsp3) is 0.250. The molecule has 0 spiro atoms. The lowest BCUT2D eigenvalue weighted by molar-refractivity contribution is -0.137. The van der Waals surface area contributed by atoms with Gasteiger partial charge in [0.2, 0.25) is 0 Å². The van der Waals surface area contributed by atoms with Gasteiger partial charge >= 0.3 is 6.18 Å². The highest BCUT2D eigenvalue weighted by atomic mass is 35.5. The maximum absolute atomic E-state index is 14.5. The average Bonchev–Trinajstić information content (AvgIpc) is 3.72. The molecule has 1 saturated heterocycles. The van der Waals surface area contributed by atoms with Crippen LogP contribution in [0.4, 0.5) is 27.6 Å². The molecule has 16 heteroatoms. The molecule has 2 amide bonds. The smallest absolute Gasteiger partial charge is 0.363 e. The molecule has 48 heavy (non-hydrogen) atoms. The molecule has 3 N–H and O–H groups in total. The molecule has 10 nitrogen and oxygen atoms in total. The Hall–Kier alpha value is -4.86. The van der Waals surface area contributed by atoms with Gasteiger partial charge in [0.05, 0.1) is 28.7 Å². The molecule has 0 bridgehead atoms. The van der Waals surface area contributed by atoms with Crippen molar-refractivity contribution in [1.82, 2.24) is 24.9 Å². The zero-order valence-electron chi connectivity index (χ0n) is 24.8. The molecule has 2 unspecified atom stereocenters. The van der Waals surface area contributed by atoms with Crippen LogP contribution in [0, 0.1) is 11.6 Å². The highest BCUT2D eigenvalue weighted by Crippen LogP contribution is 2.47. The van der Waals surface area contributed by atoms with Crippen LogP contribution in [-0.2, 0) is 23.7 Å². The molecule has 2 aliphatic rings. The molecule has 3 aromatic carbocycles. The summed E-state index contributed by atoms with van der Waals surface area (Å²) in [6, 6.07) is 5.77. The van der Waals surface area contributed by atoms with Crippen LogP contribution in [-0.4, -0.2) is 43.1 Å². The number of aliphatic hydroxyl groups is 1. The first kappa shape index (κ1) is 31.7. The van der Waals surface area contributed by atoms with Crippen LogP contribution in [0.2, 0.25) is 5.02 Å². The van der Waals surface area contributed by atoms with Gasteiger partial charge in [-0.15, -0.1) is 0 Å². The van der Waals surface area contributed by atoms with E-state index in [4.69, 9.17) is 16.3 Å². The van der Waals surface area contributed by atoms with E-state index < -0.39 is 46.5 Å². The predicted octanol–water partition coefficient (Wildman–Crippen LogP) is 6.28. The van der Waals surface area contributed by atoms with Crippen molar-refractivity contribution in [3.8, 4) is 11.3 Å². The Bertz CT molecular complexity index is 2140. The van der Waals surface area contributed by atoms with Crippen molar-refractivity contribution in [2.24, 2.45) is 7.05 Å². The third-order valence-corrected chi connectivity index (χ3v) is 8.72. The van der Waals surface area contributed by atoms with Crippen LogP contribution in [0.25, 0.3) is 22.2 Å². The summed E-state index contributed by atoms with van der Waals surface area (Å²) >= 11 is 6.35. The Morgan fingerprint density at radius 3 is 2.67 bits per heavy atom. The second kappa shape index (κ2) is 11.4. The predicted molar refractivity (Wildman–Crippen MR) is 162 cm³/mol. The van der Waals surface area contributed by atoms with Crippen molar-refractivity contribution < 1.29 is 41.4 Å². The van der Waals surface area contributed by atoms with Crippen LogP contribution >= 0.6 is 11.6 Å². The molecule has 0 radical (unpaired) electrons. The van der Waals surface area contributed by atoms with Gasteiger partial charge in [0.1, 0.15) is 23.4 Å². The average molecular weight is 687 g/mol. The number of halogens is 6. The lowest BCUT2D eigenvalue weighted by Crippen LogP contribution is -2.41. The van der Waals surface area contributed by atoms with Gasteiger partial charge in [0.25, 0.3) is 11.8 Å². The number of nitrogens with zero attached hydrogens (tertiary/aromatic N) is 4. The summed E-state index contributed by atoms with van der Waals surface area (Å²) in [5.41, 5.74) is -4.65. The fourth-order valence-electron chi connectivity index (χ4n) is 6.26. The Morgan fingerprint density at radius 2 is 1.94 bits per heavy atom.